The molecule has 1 aromatic heterocycles. The normalized spacial score (nSPS) is 10.5. The monoisotopic (exact) mass is 305 g/mol. The second-order valence-corrected chi connectivity index (χ2v) is 5.60. The van der Waals surface area contributed by atoms with Crippen molar-refractivity contribution in [3.8, 4) is 0 Å². The number of hydrogen-bond acceptors (Lipinski definition) is 2. The summed E-state index contributed by atoms with van der Waals surface area (Å²) in [6, 6.07) is 19.1. The van der Waals surface area contributed by atoms with Gasteiger partial charge < -0.3 is 5.32 Å². The third-order valence-electron chi connectivity index (χ3n) is 3.68. The number of aryl methyl sites for hydroxylation is 2. The van der Waals surface area contributed by atoms with Crippen LogP contribution in [0.4, 0.5) is 5.69 Å². The molecule has 0 aliphatic carbocycles. The number of aromatic nitrogens is 2. The van der Waals surface area contributed by atoms with Crippen molar-refractivity contribution in [2.75, 3.05) is 5.32 Å². The first-order valence-electron chi connectivity index (χ1n) is 7.58. The number of carbonyl (C=O) groups is 1. The minimum atomic E-state index is -0.103. The van der Waals surface area contributed by atoms with Crippen molar-refractivity contribution in [1.29, 1.82) is 0 Å². The molecule has 1 amide bonds. The molecule has 0 radical (unpaired) electrons. The van der Waals surface area contributed by atoms with Crippen LogP contribution >= 0.6 is 0 Å². The van der Waals surface area contributed by atoms with Gasteiger partial charge in [0.1, 0.15) is 0 Å². The lowest BCUT2D eigenvalue weighted by atomic mass is 10.1. The van der Waals surface area contributed by atoms with Gasteiger partial charge in [-0.25, -0.2) is 0 Å². The van der Waals surface area contributed by atoms with Gasteiger partial charge in [0.05, 0.1) is 12.2 Å². The number of anilines is 1. The zero-order chi connectivity index (χ0) is 16.2. The summed E-state index contributed by atoms with van der Waals surface area (Å²) in [6.45, 7) is 4.74. The van der Waals surface area contributed by atoms with Crippen LogP contribution in [-0.4, -0.2) is 15.7 Å². The molecule has 0 aliphatic heterocycles. The molecule has 2 aromatic carbocycles. The highest BCUT2D eigenvalue weighted by atomic mass is 16.1. The maximum absolute atomic E-state index is 12.2. The fourth-order valence-corrected chi connectivity index (χ4v) is 2.49. The van der Waals surface area contributed by atoms with Crippen LogP contribution in [0.25, 0.3) is 0 Å². The molecule has 3 aromatic rings. The summed E-state index contributed by atoms with van der Waals surface area (Å²) in [6.07, 6.45) is 0. The van der Waals surface area contributed by atoms with Crippen molar-refractivity contribution in [2.24, 2.45) is 0 Å². The quantitative estimate of drug-likeness (QED) is 0.797. The number of benzene rings is 2. The van der Waals surface area contributed by atoms with E-state index in [1.807, 2.05) is 73.1 Å². The molecule has 0 bridgehead atoms. The lowest BCUT2D eigenvalue weighted by Gasteiger charge is -2.07. The summed E-state index contributed by atoms with van der Waals surface area (Å²) in [7, 11) is 0. The van der Waals surface area contributed by atoms with Crippen molar-refractivity contribution in [1.82, 2.24) is 9.78 Å². The van der Waals surface area contributed by atoms with Crippen LogP contribution in [0.5, 0.6) is 0 Å². The molecule has 3 rings (SSSR count). The average Bonchev–Trinajstić information content (AvgIpc) is 2.86. The third kappa shape index (κ3) is 3.66. The highest BCUT2D eigenvalue weighted by molar-refractivity contribution is 6.04. The van der Waals surface area contributed by atoms with Crippen LogP contribution < -0.4 is 5.32 Å². The third-order valence-corrected chi connectivity index (χ3v) is 3.68. The van der Waals surface area contributed by atoms with Crippen molar-refractivity contribution in [2.45, 2.75) is 20.4 Å². The summed E-state index contributed by atoms with van der Waals surface area (Å²) in [5.74, 6) is -0.103. The van der Waals surface area contributed by atoms with Crippen LogP contribution in [0.15, 0.2) is 60.7 Å². The largest absolute Gasteiger partial charge is 0.322 e. The highest BCUT2D eigenvalue weighted by Crippen LogP contribution is 2.12. The zero-order valence-electron chi connectivity index (χ0n) is 13.3. The molecule has 0 saturated heterocycles. The molecule has 0 fully saturated rings. The number of para-hydroxylation sites is 1. The summed E-state index contributed by atoms with van der Waals surface area (Å²) in [4.78, 5) is 12.2. The molecule has 0 saturated carbocycles. The van der Waals surface area contributed by atoms with Gasteiger partial charge >= 0.3 is 0 Å². The molecular formula is C19H19N3O. The van der Waals surface area contributed by atoms with Gasteiger partial charge in [-0.05, 0) is 49.7 Å². The Morgan fingerprint density at radius 1 is 1.04 bits per heavy atom. The lowest BCUT2D eigenvalue weighted by molar-refractivity contribution is 0.102. The summed E-state index contributed by atoms with van der Waals surface area (Å²) in [5, 5.41) is 7.34. The fourth-order valence-electron chi connectivity index (χ4n) is 2.49. The molecule has 0 spiro atoms. The SMILES string of the molecule is Cc1cc(C)n(Cc2ccc(C(=O)Nc3ccccc3)cc2)n1. The van der Waals surface area contributed by atoms with E-state index >= 15 is 0 Å². The van der Waals surface area contributed by atoms with Gasteiger partial charge in [0, 0.05) is 16.9 Å². The number of nitrogens with zero attached hydrogens (tertiary/aromatic N) is 2. The molecule has 1 N–H and O–H groups in total. The van der Waals surface area contributed by atoms with E-state index in [9.17, 15) is 4.79 Å². The van der Waals surface area contributed by atoms with Gasteiger partial charge in [-0.3, -0.25) is 9.48 Å². The number of hydrogen-bond donors (Lipinski definition) is 1. The van der Waals surface area contributed by atoms with Crippen LogP contribution in [0.1, 0.15) is 27.3 Å². The Bertz CT molecular complexity index is 804. The van der Waals surface area contributed by atoms with E-state index < -0.39 is 0 Å². The molecule has 0 unspecified atom stereocenters. The minimum absolute atomic E-state index is 0.103. The molecule has 0 aliphatic rings. The maximum Gasteiger partial charge on any atom is 0.255 e. The van der Waals surface area contributed by atoms with E-state index in [4.69, 9.17) is 0 Å². The van der Waals surface area contributed by atoms with E-state index in [1.54, 1.807) is 0 Å². The van der Waals surface area contributed by atoms with E-state index in [0.29, 0.717) is 12.1 Å². The average molecular weight is 305 g/mol. The Hall–Kier alpha value is -2.88. The fraction of sp³-hybridized carbons (Fsp3) is 0.158. The van der Waals surface area contributed by atoms with E-state index in [2.05, 4.69) is 16.5 Å². The summed E-state index contributed by atoms with van der Waals surface area (Å²) < 4.78 is 1.97. The summed E-state index contributed by atoms with van der Waals surface area (Å²) in [5.41, 5.74) is 4.71. The Morgan fingerprint density at radius 3 is 2.35 bits per heavy atom. The number of nitrogens with one attached hydrogen (secondary N) is 1. The van der Waals surface area contributed by atoms with Crippen molar-refractivity contribution >= 4 is 11.6 Å². The van der Waals surface area contributed by atoms with E-state index in [0.717, 1.165) is 22.6 Å². The number of carbonyl (C=O) groups excluding carboxylic acids is 1. The lowest BCUT2D eigenvalue weighted by Crippen LogP contribution is -2.12. The van der Waals surface area contributed by atoms with E-state index in [-0.39, 0.29) is 5.91 Å². The van der Waals surface area contributed by atoms with E-state index in [1.165, 1.54) is 0 Å². The van der Waals surface area contributed by atoms with Gasteiger partial charge in [-0.15, -0.1) is 0 Å². The van der Waals surface area contributed by atoms with Crippen molar-refractivity contribution in [3.63, 3.8) is 0 Å². The number of amides is 1. The Labute approximate surface area is 135 Å². The molecule has 116 valence electrons. The van der Waals surface area contributed by atoms with Gasteiger partial charge in [-0.1, -0.05) is 30.3 Å². The first-order chi connectivity index (χ1) is 11.1. The zero-order valence-corrected chi connectivity index (χ0v) is 13.3. The Morgan fingerprint density at radius 2 is 1.74 bits per heavy atom. The smallest absolute Gasteiger partial charge is 0.255 e. The van der Waals surface area contributed by atoms with Crippen LogP contribution in [0, 0.1) is 13.8 Å². The van der Waals surface area contributed by atoms with Crippen molar-refractivity contribution < 1.29 is 4.79 Å². The second kappa shape index (κ2) is 6.48. The molecule has 4 nitrogen and oxygen atoms in total. The first kappa shape index (κ1) is 15.0. The topological polar surface area (TPSA) is 46.9 Å². The predicted molar refractivity (Wildman–Crippen MR) is 91.6 cm³/mol. The predicted octanol–water partition coefficient (Wildman–Crippen LogP) is 3.80. The first-order valence-corrected chi connectivity index (χ1v) is 7.58. The Kier molecular flexibility index (Phi) is 4.24. The van der Waals surface area contributed by atoms with Gasteiger partial charge in [-0.2, -0.15) is 5.10 Å². The molecule has 23 heavy (non-hydrogen) atoms. The van der Waals surface area contributed by atoms with Crippen LogP contribution in [0.2, 0.25) is 0 Å². The van der Waals surface area contributed by atoms with Crippen LogP contribution in [0.3, 0.4) is 0 Å². The summed E-state index contributed by atoms with van der Waals surface area (Å²) >= 11 is 0. The molecule has 1 heterocycles. The van der Waals surface area contributed by atoms with Gasteiger partial charge in [0.2, 0.25) is 0 Å². The van der Waals surface area contributed by atoms with Gasteiger partial charge in [0.25, 0.3) is 5.91 Å². The highest BCUT2D eigenvalue weighted by Gasteiger charge is 2.07. The van der Waals surface area contributed by atoms with Crippen molar-refractivity contribution in [3.05, 3.63) is 83.2 Å². The molecule has 0 atom stereocenters. The molecule has 4 heteroatoms. The maximum atomic E-state index is 12.2. The second-order valence-electron chi connectivity index (χ2n) is 5.60. The standard InChI is InChI=1S/C19H19N3O/c1-14-12-15(2)22(21-14)13-16-8-10-17(11-9-16)19(23)20-18-6-4-3-5-7-18/h3-12H,13H2,1-2H3,(H,20,23). The minimum Gasteiger partial charge on any atom is -0.322 e. The Balaban J connectivity index is 1.69. The molecular weight excluding hydrogens is 286 g/mol. The van der Waals surface area contributed by atoms with Gasteiger partial charge in [0.15, 0.2) is 0 Å². The van der Waals surface area contributed by atoms with Crippen LogP contribution in [-0.2, 0) is 6.54 Å². The number of rotatable bonds is 4.